The highest BCUT2D eigenvalue weighted by Gasteiger charge is 2.31. The van der Waals surface area contributed by atoms with Crippen LogP contribution in [0.15, 0.2) is 12.1 Å². The largest absolute Gasteiger partial charge is 0.481 e. The number of carboxylic acids is 1. The molecule has 0 radical (unpaired) electrons. The van der Waals surface area contributed by atoms with Gasteiger partial charge in [0.15, 0.2) is 0 Å². The van der Waals surface area contributed by atoms with E-state index in [2.05, 4.69) is 5.32 Å². The van der Waals surface area contributed by atoms with Crippen LogP contribution in [0, 0.1) is 17.7 Å². The Morgan fingerprint density at radius 3 is 2.33 bits per heavy atom. The average Bonchev–Trinajstić information content (AvgIpc) is 2.42. The van der Waals surface area contributed by atoms with Crippen molar-refractivity contribution in [1.29, 1.82) is 0 Å². The molecule has 2 rings (SSSR count). The molecule has 7 heteroatoms. The molecule has 2 N–H and O–H groups in total. The van der Waals surface area contributed by atoms with E-state index >= 15 is 0 Å². The summed E-state index contributed by atoms with van der Waals surface area (Å²) in [5.74, 6) is -2.72. The van der Waals surface area contributed by atoms with Gasteiger partial charge in [-0.15, -0.1) is 0 Å². The summed E-state index contributed by atoms with van der Waals surface area (Å²) in [6.45, 7) is 0. The van der Waals surface area contributed by atoms with Crippen molar-refractivity contribution < 1.29 is 19.1 Å². The van der Waals surface area contributed by atoms with Gasteiger partial charge in [0, 0.05) is 5.92 Å². The van der Waals surface area contributed by atoms with Gasteiger partial charge in [0.2, 0.25) is 5.91 Å². The van der Waals surface area contributed by atoms with Crippen molar-refractivity contribution in [2.45, 2.75) is 25.7 Å². The van der Waals surface area contributed by atoms with Crippen LogP contribution in [0.4, 0.5) is 10.1 Å². The van der Waals surface area contributed by atoms with Gasteiger partial charge in [-0.1, -0.05) is 29.6 Å². The number of amides is 1. The van der Waals surface area contributed by atoms with E-state index in [9.17, 15) is 14.0 Å². The molecule has 1 amide bonds. The lowest BCUT2D eigenvalue weighted by atomic mass is 9.81. The predicted molar refractivity (Wildman–Crippen MR) is 78.1 cm³/mol. The van der Waals surface area contributed by atoms with Gasteiger partial charge in [0.25, 0.3) is 0 Å². The van der Waals surface area contributed by atoms with Crippen LogP contribution in [0.3, 0.4) is 0 Å². The minimum Gasteiger partial charge on any atom is -0.481 e. The minimum absolute atomic E-state index is 0.0129. The van der Waals surface area contributed by atoms with E-state index in [1.165, 1.54) is 0 Å². The van der Waals surface area contributed by atoms with E-state index < -0.39 is 23.6 Å². The smallest absolute Gasteiger partial charge is 0.306 e. The third kappa shape index (κ3) is 3.86. The molecule has 0 aliphatic heterocycles. The number of carboxylic acid groups (broad SMARTS) is 1. The van der Waals surface area contributed by atoms with Crippen LogP contribution in [-0.2, 0) is 9.59 Å². The van der Waals surface area contributed by atoms with Crippen LogP contribution < -0.4 is 5.32 Å². The molecule has 1 fully saturated rings. The number of aliphatic carboxylic acids is 1. The first-order valence-corrected chi connectivity index (χ1v) is 7.32. The Labute approximate surface area is 131 Å². The van der Waals surface area contributed by atoms with Crippen molar-refractivity contribution in [1.82, 2.24) is 0 Å². The van der Waals surface area contributed by atoms with E-state index in [1.54, 1.807) is 0 Å². The highest BCUT2D eigenvalue weighted by molar-refractivity contribution is 6.39. The zero-order valence-corrected chi connectivity index (χ0v) is 12.5. The van der Waals surface area contributed by atoms with E-state index in [-0.39, 0.29) is 28.1 Å². The van der Waals surface area contributed by atoms with Gasteiger partial charge in [-0.05, 0) is 31.4 Å². The number of carbonyl (C=O) groups is 2. The number of hydrogen-bond acceptors (Lipinski definition) is 2. The number of halogens is 3. The van der Waals surface area contributed by atoms with Gasteiger partial charge in [0.1, 0.15) is 5.82 Å². The summed E-state index contributed by atoms with van der Waals surface area (Å²) in [7, 11) is 0. The maximum atomic E-state index is 13.1. The van der Waals surface area contributed by atoms with Crippen LogP contribution in [0.25, 0.3) is 0 Å². The SMILES string of the molecule is O=C(O)C1CCCC(C(=O)Nc2c(Cl)cc(F)cc2Cl)C1. The first kappa shape index (κ1) is 16.0. The third-order valence-electron chi connectivity index (χ3n) is 3.65. The average molecular weight is 334 g/mol. The summed E-state index contributed by atoms with van der Waals surface area (Å²) in [6, 6.07) is 2.12. The molecule has 2 atom stereocenters. The molecule has 21 heavy (non-hydrogen) atoms. The second-order valence-corrected chi connectivity index (χ2v) is 5.95. The highest BCUT2D eigenvalue weighted by Crippen LogP contribution is 2.34. The molecular weight excluding hydrogens is 320 g/mol. The standard InChI is InChI=1S/C14H14Cl2FNO3/c15-10-5-9(17)6-11(16)12(10)18-13(19)7-2-1-3-8(4-7)14(20)21/h5-8H,1-4H2,(H,18,19)(H,20,21). The molecule has 2 unspecified atom stereocenters. The molecule has 1 saturated carbocycles. The summed E-state index contributed by atoms with van der Waals surface area (Å²) in [5.41, 5.74) is 0.155. The van der Waals surface area contributed by atoms with Crippen LogP contribution in [0.2, 0.25) is 10.0 Å². The topological polar surface area (TPSA) is 66.4 Å². The van der Waals surface area contributed by atoms with Crippen molar-refractivity contribution >= 4 is 40.8 Å². The Bertz CT molecular complexity index is 556. The molecule has 0 spiro atoms. The lowest BCUT2D eigenvalue weighted by Gasteiger charge is -2.26. The molecular formula is C14H14Cl2FNO3. The Morgan fingerprint density at radius 1 is 1.19 bits per heavy atom. The summed E-state index contributed by atoms with van der Waals surface area (Å²) in [6.07, 6.45) is 2.17. The van der Waals surface area contributed by atoms with Gasteiger partial charge >= 0.3 is 5.97 Å². The van der Waals surface area contributed by atoms with E-state index in [4.69, 9.17) is 28.3 Å². The van der Waals surface area contributed by atoms with Crippen molar-refractivity contribution in [2.24, 2.45) is 11.8 Å². The van der Waals surface area contributed by atoms with E-state index in [0.717, 1.165) is 12.1 Å². The zero-order valence-electron chi connectivity index (χ0n) is 11.0. The maximum Gasteiger partial charge on any atom is 0.306 e. The Hall–Kier alpha value is -1.33. The fourth-order valence-corrected chi connectivity index (χ4v) is 3.09. The summed E-state index contributed by atoms with van der Waals surface area (Å²) >= 11 is 11.7. The van der Waals surface area contributed by atoms with Crippen molar-refractivity contribution in [2.75, 3.05) is 5.32 Å². The van der Waals surface area contributed by atoms with Gasteiger partial charge in [0.05, 0.1) is 21.7 Å². The van der Waals surface area contributed by atoms with Crippen molar-refractivity contribution in [3.8, 4) is 0 Å². The fraction of sp³-hybridized carbons (Fsp3) is 0.429. The molecule has 0 saturated heterocycles. The highest BCUT2D eigenvalue weighted by atomic mass is 35.5. The van der Waals surface area contributed by atoms with Crippen molar-refractivity contribution in [3.63, 3.8) is 0 Å². The molecule has 114 valence electrons. The maximum absolute atomic E-state index is 13.1. The summed E-state index contributed by atoms with van der Waals surface area (Å²) in [4.78, 5) is 23.2. The number of carbonyl (C=O) groups excluding carboxylic acids is 1. The Balaban J connectivity index is 2.10. The van der Waals surface area contributed by atoms with E-state index in [1.807, 2.05) is 0 Å². The molecule has 0 heterocycles. The predicted octanol–water partition coefficient (Wildman–Crippen LogP) is 3.96. The molecule has 1 aromatic rings. The zero-order chi connectivity index (χ0) is 15.6. The molecule has 0 aromatic heterocycles. The molecule has 1 aromatic carbocycles. The number of hydrogen-bond donors (Lipinski definition) is 2. The van der Waals surface area contributed by atoms with Gasteiger partial charge in [-0.25, -0.2) is 4.39 Å². The van der Waals surface area contributed by atoms with Gasteiger partial charge in [-0.3, -0.25) is 9.59 Å². The molecule has 4 nitrogen and oxygen atoms in total. The molecule has 0 bridgehead atoms. The summed E-state index contributed by atoms with van der Waals surface area (Å²) in [5, 5.41) is 11.6. The second kappa shape index (κ2) is 6.62. The number of nitrogens with one attached hydrogen (secondary N) is 1. The van der Waals surface area contributed by atoms with E-state index in [0.29, 0.717) is 19.3 Å². The minimum atomic E-state index is -0.884. The van der Waals surface area contributed by atoms with Gasteiger partial charge in [-0.2, -0.15) is 0 Å². The van der Waals surface area contributed by atoms with Gasteiger partial charge < -0.3 is 10.4 Å². The van der Waals surface area contributed by atoms with Crippen molar-refractivity contribution in [3.05, 3.63) is 28.0 Å². The monoisotopic (exact) mass is 333 g/mol. The van der Waals surface area contributed by atoms with Crippen LogP contribution >= 0.6 is 23.2 Å². The number of anilines is 1. The van der Waals surface area contributed by atoms with Crippen LogP contribution in [-0.4, -0.2) is 17.0 Å². The summed E-state index contributed by atoms with van der Waals surface area (Å²) < 4.78 is 13.1. The first-order valence-electron chi connectivity index (χ1n) is 6.56. The molecule has 1 aliphatic rings. The quantitative estimate of drug-likeness (QED) is 0.879. The molecule has 1 aliphatic carbocycles. The number of rotatable bonds is 3. The Kier molecular flexibility index (Phi) is 5.06. The Morgan fingerprint density at radius 2 is 1.76 bits per heavy atom. The fourth-order valence-electron chi connectivity index (χ4n) is 2.54. The number of benzene rings is 1. The van der Waals surface area contributed by atoms with Crippen LogP contribution in [0.5, 0.6) is 0 Å². The third-order valence-corrected chi connectivity index (χ3v) is 4.25. The first-order chi connectivity index (χ1) is 9.88. The lowest BCUT2D eigenvalue weighted by Crippen LogP contribution is -2.31. The van der Waals surface area contributed by atoms with Crippen LogP contribution in [0.1, 0.15) is 25.7 Å². The normalized spacial score (nSPS) is 21.9. The lowest BCUT2D eigenvalue weighted by molar-refractivity contribution is -0.143. The second-order valence-electron chi connectivity index (χ2n) is 5.13.